The molecule has 0 atom stereocenters. The predicted molar refractivity (Wildman–Crippen MR) is 113 cm³/mol. The van der Waals surface area contributed by atoms with Gasteiger partial charge in [-0.3, -0.25) is 0 Å². The lowest BCUT2D eigenvalue weighted by Gasteiger charge is -2.13. The first-order valence-electron chi connectivity index (χ1n) is 8.23. The summed E-state index contributed by atoms with van der Waals surface area (Å²) in [6.07, 6.45) is 0.880. The molecule has 5 nitrogen and oxygen atoms in total. The highest BCUT2D eigenvalue weighted by Crippen LogP contribution is 2.40. The largest absolute Gasteiger partial charge is 0.497 e. The standard InChI is InChI=1S/C18H20N2O3S3/c1-3-23-17(21)15-13-8-9-25-10-14(13)26-16(15)20-18(24)19-11-4-6-12(22-2)7-5-11/h4-7H,3,8-10H2,1-2H3,(H2,19,20,24). The SMILES string of the molecule is CCOC(=O)c1c(NC(=S)Nc2ccc(OC)cc2)sc2c1CCSC2. The van der Waals surface area contributed by atoms with Crippen molar-refractivity contribution in [2.45, 2.75) is 19.1 Å². The third kappa shape index (κ3) is 4.31. The summed E-state index contributed by atoms with van der Waals surface area (Å²) in [7, 11) is 1.63. The van der Waals surface area contributed by atoms with Crippen LogP contribution in [-0.2, 0) is 16.9 Å². The minimum atomic E-state index is -0.286. The van der Waals surface area contributed by atoms with Crippen molar-refractivity contribution in [3.05, 3.63) is 40.3 Å². The van der Waals surface area contributed by atoms with Gasteiger partial charge in [0.15, 0.2) is 5.11 Å². The summed E-state index contributed by atoms with van der Waals surface area (Å²) in [5.74, 6) is 2.44. The lowest BCUT2D eigenvalue weighted by atomic mass is 10.1. The minimum Gasteiger partial charge on any atom is -0.497 e. The Hall–Kier alpha value is -1.77. The third-order valence-electron chi connectivity index (χ3n) is 3.87. The number of anilines is 2. The van der Waals surface area contributed by atoms with Gasteiger partial charge in [0.1, 0.15) is 10.8 Å². The molecule has 1 aromatic carbocycles. The monoisotopic (exact) mass is 408 g/mol. The zero-order valence-corrected chi connectivity index (χ0v) is 17.0. The number of methoxy groups -OCH3 is 1. The summed E-state index contributed by atoms with van der Waals surface area (Å²) >= 11 is 8.89. The second-order valence-corrected chi connectivity index (χ2v) is 8.16. The Labute approximate surface area is 166 Å². The zero-order chi connectivity index (χ0) is 18.5. The predicted octanol–water partition coefficient (Wildman–Crippen LogP) is 4.53. The highest BCUT2D eigenvalue weighted by atomic mass is 32.2. The smallest absolute Gasteiger partial charge is 0.341 e. The third-order valence-corrected chi connectivity index (χ3v) is 6.39. The summed E-state index contributed by atoms with van der Waals surface area (Å²) in [6.45, 7) is 2.17. The average Bonchev–Trinajstić information content (AvgIpc) is 3.00. The molecule has 3 rings (SSSR count). The number of benzene rings is 1. The van der Waals surface area contributed by atoms with Gasteiger partial charge in [0.25, 0.3) is 0 Å². The number of nitrogens with one attached hydrogen (secondary N) is 2. The Bertz CT molecular complexity index is 803. The topological polar surface area (TPSA) is 59.6 Å². The van der Waals surface area contributed by atoms with Crippen LogP contribution in [0.3, 0.4) is 0 Å². The summed E-state index contributed by atoms with van der Waals surface area (Å²) < 4.78 is 10.4. The van der Waals surface area contributed by atoms with Crippen LogP contribution >= 0.6 is 35.3 Å². The number of thiophene rings is 1. The highest BCUT2D eigenvalue weighted by molar-refractivity contribution is 7.98. The van der Waals surface area contributed by atoms with Crippen molar-refractivity contribution in [1.29, 1.82) is 0 Å². The molecule has 0 saturated carbocycles. The Kier molecular flexibility index (Phi) is 6.39. The number of hydrogen-bond donors (Lipinski definition) is 2. The van der Waals surface area contributed by atoms with Crippen molar-refractivity contribution in [1.82, 2.24) is 0 Å². The number of thioether (sulfide) groups is 1. The normalized spacial score (nSPS) is 12.8. The maximum absolute atomic E-state index is 12.5. The summed E-state index contributed by atoms with van der Waals surface area (Å²) in [5.41, 5.74) is 2.57. The first-order chi connectivity index (χ1) is 12.6. The van der Waals surface area contributed by atoms with Crippen LogP contribution in [0.1, 0.15) is 27.7 Å². The van der Waals surface area contributed by atoms with Crippen LogP contribution in [0.15, 0.2) is 24.3 Å². The summed E-state index contributed by atoms with van der Waals surface area (Å²) in [6, 6.07) is 7.48. The van der Waals surface area contributed by atoms with Gasteiger partial charge < -0.3 is 20.1 Å². The van der Waals surface area contributed by atoms with Crippen molar-refractivity contribution in [3.8, 4) is 5.75 Å². The van der Waals surface area contributed by atoms with Crippen LogP contribution in [0.4, 0.5) is 10.7 Å². The van der Waals surface area contributed by atoms with Gasteiger partial charge in [0.2, 0.25) is 0 Å². The lowest BCUT2D eigenvalue weighted by molar-refractivity contribution is 0.0527. The van der Waals surface area contributed by atoms with E-state index in [-0.39, 0.29) is 5.97 Å². The van der Waals surface area contributed by atoms with E-state index in [4.69, 9.17) is 21.7 Å². The van der Waals surface area contributed by atoms with E-state index >= 15 is 0 Å². The quantitative estimate of drug-likeness (QED) is 0.557. The molecular weight excluding hydrogens is 388 g/mol. The van der Waals surface area contributed by atoms with Gasteiger partial charge >= 0.3 is 5.97 Å². The van der Waals surface area contributed by atoms with Crippen LogP contribution < -0.4 is 15.4 Å². The van der Waals surface area contributed by atoms with Gasteiger partial charge in [-0.1, -0.05) is 0 Å². The lowest BCUT2D eigenvalue weighted by Crippen LogP contribution is -2.20. The van der Waals surface area contributed by atoms with Crippen LogP contribution in [0.25, 0.3) is 0 Å². The first kappa shape index (κ1) is 19.0. The summed E-state index contributed by atoms with van der Waals surface area (Å²) in [5, 5.41) is 7.50. The molecular formula is C18H20N2O3S3. The maximum atomic E-state index is 12.5. The molecule has 1 aromatic heterocycles. The van der Waals surface area contributed by atoms with Gasteiger partial charge in [-0.05, 0) is 61.1 Å². The van der Waals surface area contributed by atoms with E-state index in [1.54, 1.807) is 18.4 Å². The molecule has 0 aliphatic carbocycles. The number of hydrogen-bond acceptors (Lipinski definition) is 6. The van der Waals surface area contributed by atoms with E-state index in [1.165, 1.54) is 4.88 Å². The Morgan fingerprint density at radius 1 is 1.27 bits per heavy atom. The first-order valence-corrected chi connectivity index (χ1v) is 10.6. The van der Waals surface area contributed by atoms with E-state index in [1.807, 2.05) is 43.0 Å². The van der Waals surface area contributed by atoms with Crippen LogP contribution in [0.5, 0.6) is 5.75 Å². The number of carbonyl (C=O) groups excluding carboxylic acids is 1. The number of carbonyl (C=O) groups is 1. The van der Waals surface area contributed by atoms with E-state index in [0.29, 0.717) is 17.3 Å². The van der Waals surface area contributed by atoms with Crippen molar-refractivity contribution < 1.29 is 14.3 Å². The molecule has 1 aliphatic heterocycles. The number of rotatable bonds is 5. The van der Waals surface area contributed by atoms with E-state index in [9.17, 15) is 4.79 Å². The molecule has 1 aliphatic rings. The van der Waals surface area contributed by atoms with Crippen LogP contribution in [0.2, 0.25) is 0 Å². The van der Waals surface area contributed by atoms with E-state index in [2.05, 4.69) is 10.6 Å². The molecule has 2 N–H and O–H groups in total. The van der Waals surface area contributed by atoms with Crippen molar-refractivity contribution in [3.63, 3.8) is 0 Å². The molecule has 2 aromatic rings. The minimum absolute atomic E-state index is 0.286. The molecule has 8 heteroatoms. The summed E-state index contributed by atoms with van der Waals surface area (Å²) in [4.78, 5) is 13.7. The molecule has 0 fully saturated rings. The number of thiocarbonyl (C=S) groups is 1. The fourth-order valence-corrected chi connectivity index (χ4v) is 5.34. The van der Waals surface area contributed by atoms with Crippen molar-refractivity contribution in [2.24, 2.45) is 0 Å². The fourth-order valence-electron chi connectivity index (χ4n) is 2.68. The molecule has 0 saturated heterocycles. The average molecular weight is 409 g/mol. The Morgan fingerprint density at radius 3 is 2.73 bits per heavy atom. The van der Waals surface area contributed by atoms with Crippen LogP contribution in [0, 0.1) is 0 Å². The van der Waals surface area contributed by atoms with Crippen molar-refractivity contribution in [2.75, 3.05) is 30.1 Å². The number of ether oxygens (including phenoxy) is 2. The molecule has 0 amide bonds. The van der Waals surface area contributed by atoms with Gasteiger partial charge in [-0.15, -0.1) is 11.3 Å². The Balaban J connectivity index is 1.78. The highest BCUT2D eigenvalue weighted by Gasteiger charge is 2.27. The van der Waals surface area contributed by atoms with Crippen LogP contribution in [-0.4, -0.2) is 30.6 Å². The molecule has 0 bridgehead atoms. The molecule has 0 spiro atoms. The zero-order valence-electron chi connectivity index (χ0n) is 14.6. The van der Waals surface area contributed by atoms with Crippen molar-refractivity contribution >= 4 is 57.1 Å². The number of fused-ring (bicyclic) bond motifs is 1. The van der Waals surface area contributed by atoms with Gasteiger partial charge in [0.05, 0.1) is 19.3 Å². The second-order valence-electron chi connectivity index (χ2n) is 5.54. The second kappa shape index (κ2) is 8.75. The molecule has 0 radical (unpaired) electrons. The molecule has 26 heavy (non-hydrogen) atoms. The van der Waals surface area contributed by atoms with Gasteiger partial charge in [-0.2, -0.15) is 11.8 Å². The van der Waals surface area contributed by atoms with Gasteiger partial charge in [-0.25, -0.2) is 4.79 Å². The number of esters is 1. The van der Waals surface area contributed by atoms with Gasteiger partial charge in [0, 0.05) is 16.3 Å². The van der Waals surface area contributed by atoms with E-state index in [0.717, 1.165) is 39.9 Å². The molecule has 2 heterocycles. The maximum Gasteiger partial charge on any atom is 0.341 e. The molecule has 0 unspecified atom stereocenters. The Morgan fingerprint density at radius 2 is 2.04 bits per heavy atom. The molecule has 138 valence electrons. The fraction of sp³-hybridized carbons (Fsp3) is 0.333. The van der Waals surface area contributed by atoms with E-state index < -0.39 is 0 Å².